The summed E-state index contributed by atoms with van der Waals surface area (Å²) in [5.41, 5.74) is 6.28. The van der Waals surface area contributed by atoms with Crippen molar-refractivity contribution in [2.24, 2.45) is 5.92 Å². The second-order valence-electron chi connectivity index (χ2n) is 7.28. The molecule has 9 heteroatoms. The van der Waals surface area contributed by atoms with Gasteiger partial charge in [0.2, 0.25) is 18.6 Å². The van der Waals surface area contributed by atoms with Crippen LogP contribution in [0.5, 0.6) is 11.5 Å². The molecule has 5 rings (SSSR count). The van der Waals surface area contributed by atoms with Gasteiger partial charge in [-0.1, -0.05) is 24.3 Å². The number of benzene rings is 2. The second kappa shape index (κ2) is 7.60. The number of nitrogens with one attached hydrogen (secondary N) is 2. The lowest BCUT2D eigenvalue weighted by Gasteiger charge is -2.17. The third kappa shape index (κ3) is 3.61. The summed E-state index contributed by atoms with van der Waals surface area (Å²) in [6.45, 7) is 0.345. The predicted molar refractivity (Wildman–Crippen MR) is 110 cm³/mol. The standard InChI is InChI=1S/C22H18N4O5/c27-20-9-14(11-26(20)15-6-8-18-19(10-15)31-12-30-18)21(28)24-25-22(29)17-7-5-13-3-1-2-4-16(13)23-17/h1-8,10,14H,9,11-12H2,(H,24,28)(H,25,29). The van der Waals surface area contributed by atoms with Gasteiger partial charge in [0.1, 0.15) is 5.69 Å². The van der Waals surface area contributed by atoms with Crippen molar-refractivity contribution < 1.29 is 23.9 Å². The van der Waals surface area contributed by atoms with Crippen LogP contribution in [0.25, 0.3) is 10.9 Å². The van der Waals surface area contributed by atoms with E-state index in [1.807, 2.05) is 18.2 Å². The van der Waals surface area contributed by atoms with Crippen LogP contribution in [0.4, 0.5) is 5.69 Å². The molecule has 2 aromatic carbocycles. The molecule has 0 bridgehead atoms. The van der Waals surface area contributed by atoms with Crippen molar-refractivity contribution >= 4 is 34.3 Å². The van der Waals surface area contributed by atoms with Gasteiger partial charge in [-0.05, 0) is 24.3 Å². The highest BCUT2D eigenvalue weighted by Gasteiger charge is 2.36. The Labute approximate surface area is 176 Å². The summed E-state index contributed by atoms with van der Waals surface area (Å²) < 4.78 is 10.6. The quantitative estimate of drug-likeness (QED) is 0.628. The highest BCUT2D eigenvalue weighted by atomic mass is 16.7. The van der Waals surface area contributed by atoms with Gasteiger partial charge >= 0.3 is 0 Å². The molecular weight excluding hydrogens is 400 g/mol. The molecule has 1 aromatic heterocycles. The molecule has 3 amide bonds. The minimum atomic E-state index is -0.595. The van der Waals surface area contributed by atoms with E-state index in [-0.39, 0.29) is 31.4 Å². The molecule has 0 aliphatic carbocycles. The first kappa shape index (κ1) is 18.9. The molecule has 9 nitrogen and oxygen atoms in total. The lowest BCUT2D eigenvalue weighted by molar-refractivity contribution is -0.126. The van der Waals surface area contributed by atoms with Gasteiger partial charge in [-0.2, -0.15) is 0 Å². The maximum atomic E-state index is 12.5. The zero-order valence-corrected chi connectivity index (χ0v) is 16.3. The molecule has 156 valence electrons. The number of carbonyl (C=O) groups is 3. The van der Waals surface area contributed by atoms with E-state index in [2.05, 4.69) is 15.8 Å². The maximum Gasteiger partial charge on any atom is 0.288 e. The van der Waals surface area contributed by atoms with Gasteiger partial charge in [0.25, 0.3) is 5.91 Å². The van der Waals surface area contributed by atoms with Crippen LogP contribution < -0.4 is 25.2 Å². The monoisotopic (exact) mass is 418 g/mol. The fraction of sp³-hybridized carbons (Fsp3) is 0.182. The third-order valence-electron chi connectivity index (χ3n) is 5.29. The molecule has 0 radical (unpaired) electrons. The number of carbonyl (C=O) groups excluding carboxylic acids is 3. The number of pyridine rings is 1. The minimum Gasteiger partial charge on any atom is -0.454 e. The highest BCUT2D eigenvalue weighted by molar-refractivity contribution is 6.01. The molecule has 1 atom stereocenters. The molecule has 0 spiro atoms. The van der Waals surface area contributed by atoms with Crippen molar-refractivity contribution in [1.82, 2.24) is 15.8 Å². The average molecular weight is 418 g/mol. The van der Waals surface area contributed by atoms with E-state index in [0.717, 1.165) is 5.39 Å². The predicted octanol–water partition coefficient (Wildman–Crippen LogP) is 1.78. The SMILES string of the molecule is O=C(NNC(=O)C1CC(=O)N(c2ccc3c(c2)OCO3)C1)c1ccc2ccccc2n1. The van der Waals surface area contributed by atoms with E-state index in [9.17, 15) is 14.4 Å². The van der Waals surface area contributed by atoms with Crippen LogP contribution >= 0.6 is 0 Å². The number of nitrogens with zero attached hydrogens (tertiary/aromatic N) is 2. The summed E-state index contributed by atoms with van der Waals surface area (Å²) in [5, 5.41) is 0.913. The van der Waals surface area contributed by atoms with E-state index in [1.54, 1.807) is 36.4 Å². The number of rotatable bonds is 3. The minimum absolute atomic E-state index is 0.0460. The Bertz CT molecular complexity index is 1210. The van der Waals surface area contributed by atoms with Crippen LogP contribution in [0.2, 0.25) is 0 Å². The summed E-state index contributed by atoms with van der Waals surface area (Å²) in [5.74, 6) is -0.561. The lowest BCUT2D eigenvalue weighted by atomic mass is 10.1. The van der Waals surface area contributed by atoms with E-state index in [4.69, 9.17) is 9.47 Å². The Morgan fingerprint density at radius 2 is 1.84 bits per heavy atom. The van der Waals surface area contributed by atoms with Crippen LogP contribution in [0, 0.1) is 5.92 Å². The maximum absolute atomic E-state index is 12.5. The number of amides is 3. The summed E-state index contributed by atoms with van der Waals surface area (Å²) in [6.07, 6.45) is 0.0460. The fourth-order valence-electron chi connectivity index (χ4n) is 3.66. The van der Waals surface area contributed by atoms with Crippen LogP contribution in [0.1, 0.15) is 16.9 Å². The van der Waals surface area contributed by atoms with Crippen molar-refractivity contribution in [1.29, 1.82) is 0 Å². The lowest BCUT2D eigenvalue weighted by Crippen LogP contribution is -2.45. The van der Waals surface area contributed by atoms with Crippen LogP contribution in [0.3, 0.4) is 0 Å². The first-order valence-corrected chi connectivity index (χ1v) is 9.74. The van der Waals surface area contributed by atoms with Crippen LogP contribution in [-0.2, 0) is 9.59 Å². The Hall–Kier alpha value is -4.14. The highest BCUT2D eigenvalue weighted by Crippen LogP contribution is 2.37. The Morgan fingerprint density at radius 1 is 1.00 bits per heavy atom. The van der Waals surface area contributed by atoms with E-state index < -0.39 is 17.7 Å². The van der Waals surface area contributed by atoms with Gasteiger partial charge < -0.3 is 14.4 Å². The number of anilines is 1. The molecule has 3 aromatic rings. The summed E-state index contributed by atoms with van der Waals surface area (Å²) in [6, 6.07) is 16.0. The molecule has 1 fully saturated rings. The molecule has 31 heavy (non-hydrogen) atoms. The number of aromatic nitrogens is 1. The molecule has 1 saturated heterocycles. The number of hydrazine groups is 1. The van der Waals surface area contributed by atoms with Crippen molar-refractivity contribution in [3.8, 4) is 11.5 Å². The number of fused-ring (bicyclic) bond motifs is 2. The van der Waals surface area contributed by atoms with Gasteiger partial charge in [-0.3, -0.25) is 25.2 Å². The molecular formula is C22H18N4O5. The number of hydrogen-bond acceptors (Lipinski definition) is 6. The van der Waals surface area contributed by atoms with Crippen LogP contribution in [0.15, 0.2) is 54.6 Å². The Balaban J connectivity index is 1.21. The molecule has 0 saturated carbocycles. The number of para-hydroxylation sites is 1. The Morgan fingerprint density at radius 3 is 2.74 bits per heavy atom. The van der Waals surface area contributed by atoms with Crippen molar-refractivity contribution in [3.63, 3.8) is 0 Å². The normalized spacial score (nSPS) is 17.1. The van der Waals surface area contributed by atoms with Crippen molar-refractivity contribution in [3.05, 3.63) is 60.3 Å². The summed E-state index contributed by atoms with van der Waals surface area (Å²) in [7, 11) is 0. The molecule has 2 aliphatic rings. The smallest absolute Gasteiger partial charge is 0.288 e. The van der Waals surface area contributed by atoms with E-state index in [1.165, 1.54) is 4.90 Å². The van der Waals surface area contributed by atoms with E-state index in [0.29, 0.717) is 22.7 Å². The summed E-state index contributed by atoms with van der Waals surface area (Å²) in [4.78, 5) is 43.2. The van der Waals surface area contributed by atoms with Crippen molar-refractivity contribution in [2.75, 3.05) is 18.2 Å². The Kier molecular flexibility index (Phi) is 4.62. The summed E-state index contributed by atoms with van der Waals surface area (Å²) >= 11 is 0. The average Bonchev–Trinajstić information content (AvgIpc) is 3.42. The van der Waals surface area contributed by atoms with Crippen LogP contribution in [-0.4, -0.2) is 36.0 Å². The van der Waals surface area contributed by atoms with Gasteiger partial charge in [-0.15, -0.1) is 0 Å². The van der Waals surface area contributed by atoms with Gasteiger partial charge in [0, 0.05) is 30.1 Å². The topological polar surface area (TPSA) is 110 Å². The van der Waals surface area contributed by atoms with Gasteiger partial charge in [0.15, 0.2) is 11.5 Å². The fourth-order valence-corrected chi connectivity index (χ4v) is 3.66. The third-order valence-corrected chi connectivity index (χ3v) is 5.29. The second-order valence-corrected chi connectivity index (χ2v) is 7.28. The number of hydrogen-bond donors (Lipinski definition) is 2. The molecule has 1 unspecified atom stereocenters. The van der Waals surface area contributed by atoms with Gasteiger partial charge in [0.05, 0.1) is 11.4 Å². The first-order chi connectivity index (χ1) is 15.1. The molecule has 2 aliphatic heterocycles. The van der Waals surface area contributed by atoms with Gasteiger partial charge in [-0.25, -0.2) is 4.98 Å². The largest absolute Gasteiger partial charge is 0.454 e. The van der Waals surface area contributed by atoms with Crippen molar-refractivity contribution in [2.45, 2.75) is 6.42 Å². The first-order valence-electron chi connectivity index (χ1n) is 9.74. The zero-order chi connectivity index (χ0) is 21.4. The molecule has 2 N–H and O–H groups in total. The zero-order valence-electron chi connectivity index (χ0n) is 16.3. The van der Waals surface area contributed by atoms with E-state index >= 15 is 0 Å². The number of ether oxygens (including phenoxy) is 2. The molecule has 3 heterocycles.